The van der Waals surface area contributed by atoms with E-state index in [0.717, 1.165) is 26.1 Å². The van der Waals surface area contributed by atoms with Crippen molar-refractivity contribution in [3.8, 4) is 0 Å². The molecule has 0 aromatic rings. The summed E-state index contributed by atoms with van der Waals surface area (Å²) in [6.45, 7) is 1.89. The van der Waals surface area contributed by atoms with Gasteiger partial charge in [-0.1, -0.05) is 6.08 Å². The topological polar surface area (TPSA) is 64.4 Å². The zero-order valence-electron chi connectivity index (χ0n) is 7.66. The zero-order valence-corrected chi connectivity index (χ0v) is 7.66. The molecule has 1 fully saturated rings. The minimum absolute atomic E-state index is 0.0580. The molecule has 0 unspecified atom stereocenters. The third-order valence-corrected chi connectivity index (χ3v) is 1.97. The second-order valence-electron chi connectivity index (χ2n) is 3.03. The molecule has 0 aromatic carbocycles. The lowest BCUT2D eigenvalue weighted by Gasteiger charge is -2.22. The van der Waals surface area contributed by atoms with E-state index in [1.54, 1.807) is 6.08 Å². The lowest BCUT2D eigenvalue weighted by molar-refractivity contribution is -0.117. The molecule has 3 N–H and O–H groups in total. The number of nitrogens with two attached hydrogens (primary N) is 1. The van der Waals surface area contributed by atoms with E-state index in [0.29, 0.717) is 6.54 Å². The van der Waals surface area contributed by atoms with Crippen molar-refractivity contribution in [2.24, 2.45) is 5.73 Å². The predicted octanol–water partition coefficient (Wildman–Crippen LogP) is -0.204. The molecule has 0 atom stereocenters. The minimum Gasteiger partial charge on any atom is -0.381 e. The van der Waals surface area contributed by atoms with Crippen LogP contribution in [0.25, 0.3) is 0 Å². The molecular weight excluding hydrogens is 168 g/mol. The van der Waals surface area contributed by atoms with E-state index in [2.05, 4.69) is 5.32 Å². The SMILES string of the molecule is NC/C=C/C(=O)NC1CCOCC1. The van der Waals surface area contributed by atoms with Crippen LogP contribution in [0.4, 0.5) is 0 Å². The minimum atomic E-state index is -0.0580. The van der Waals surface area contributed by atoms with E-state index in [4.69, 9.17) is 10.5 Å². The molecule has 0 aliphatic carbocycles. The maximum atomic E-state index is 11.2. The van der Waals surface area contributed by atoms with Crippen molar-refractivity contribution in [3.05, 3.63) is 12.2 Å². The van der Waals surface area contributed by atoms with Gasteiger partial charge in [0.15, 0.2) is 0 Å². The van der Waals surface area contributed by atoms with Crippen molar-refractivity contribution >= 4 is 5.91 Å². The number of carbonyl (C=O) groups is 1. The molecule has 4 nitrogen and oxygen atoms in total. The highest BCUT2D eigenvalue weighted by atomic mass is 16.5. The van der Waals surface area contributed by atoms with Crippen LogP contribution >= 0.6 is 0 Å². The molecule has 0 bridgehead atoms. The molecule has 1 saturated heterocycles. The average Bonchev–Trinajstić information content (AvgIpc) is 2.16. The fourth-order valence-electron chi connectivity index (χ4n) is 1.27. The summed E-state index contributed by atoms with van der Waals surface area (Å²) < 4.78 is 5.17. The molecule has 0 saturated carbocycles. The quantitative estimate of drug-likeness (QED) is 0.597. The second kappa shape index (κ2) is 5.72. The van der Waals surface area contributed by atoms with Crippen molar-refractivity contribution < 1.29 is 9.53 Å². The Bertz CT molecular complexity index is 186. The molecule has 0 spiro atoms. The zero-order chi connectivity index (χ0) is 9.52. The van der Waals surface area contributed by atoms with Gasteiger partial charge in [-0.3, -0.25) is 4.79 Å². The van der Waals surface area contributed by atoms with Crippen molar-refractivity contribution in [1.29, 1.82) is 0 Å². The van der Waals surface area contributed by atoms with Crippen LogP contribution in [-0.2, 0) is 9.53 Å². The van der Waals surface area contributed by atoms with E-state index in [-0.39, 0.29) is 11.9 Å². The molecular formula is C9H16N2O2. The molecule has 1 rings (SSSR count). The van der Waals surface area contributed by atoms with Gasteiger partial charge in [-0.05, 0) is 12.8 Å². The summed E-state index contributed by atoms with van der Waals surface area (Å²) >= 11 is 0. The molecule has 1 aliphatic heterocycles. The Labute approximate surface area is 78.1 Å². The highest BCUT2D eigenvalue weighted by molar-refractivity contribution is 5.87. The smallest absolute Gasteiger partial charge is 0.243 e. The van der Waals surface area contributed by atoms with Crippen LogP contribution in [0.15, 0.2) is 12.2 Å². The van der Waals surface area contributed by atoms with Gasteiger partial charge >= 0.3 is 0 Å². The van der Waals surface area contributed by atoms with E-state index >= 15 is 0 Å². The second-order valence-corrected chi connectivity index (χ2v) is 3.03. The van der Waals surface area contributed by atoms with Gasteiger partial charge in [-0.2, -0.15) is 0 Å². The number of nitrogens with one attached hydrogen (secondary N) is 1. The Hall–Kier alpha value is -0.870. The Morgan fingerprint density at radius 3 is 2.85 bits per heavy atom. The fourth-order valence-corrected chi connectivity index (χ4v) is 1.27. The monoisotopic (exact) mass is 184 g/mol. The number of rotatable bonds is 3. The normalized spacial score (nSPS) is 19.2. The highest BCUT2D eigenvalue weighted by Gasteiger charge is 2.14. The van der Waals surface area contributed by atoms with Gasteiger partial charge in [0.25, 0.3) is 0 Å². The van der Waals surface area contributed by atoms with E-state index in [1.807, 2.05) is 0 Å². The molecule has 0 aromatic heterocycles. The van der Waals surface area contributed by atoms with Crippen LogP contribution < -0.4 is 11.1 Å². The van der Waals surface area contributed by atoms with E-state index in [1.165, 1.54) is 6.08 Å². The van der Waals surface area contributed by atoms with Gasteiger partial charge < -0.3 is 15.8 Å². The van der Waals surface area contributed by atoms with E-state index in [9.17, 15) is 4.79 Å². The van der Waals surface area contributed by atoms with Gasteiger partial charge in [0, 0.05) is 31.9 Å². The van der Waals surface area contributed by atoms with Gasteiger partial charge in [0.1, 0.15) is 0 Å². The van der Waals surface area contributed by atoms with Crippen molar-refractivity contribution in [2.75, 3.05) is 19.8 Å². The number of amides is 1. The first kappa shape index (κ1) is 10.2. The summed E-state index contributed by atoms with van der Waals surface area (Å²) in [5.41, 5.74) is 5.22. The fraction of sp³-hybridized carbons (Fsp3) is 0.667. The molecule has 1 amide bonds. The Morgan fingerprint density at radius 1 is 1.54 bits per heavy atom. The first-order chi connectivity index (χ1) is 6.33. The number of ether oxygens (including phenoxy) is 1. The van der Waals surface area contributed by atoms with Crippen molar-refractivity contribution in [3.63, 3.8) is 0 Å². The first-order valence-corrected chi connectivity index (χ1v) is 4.58. The number of hydrogen-bond donors (Lipinski definition) is 2. The number of carbonyl (C=O) groups excluding carboxylic acids is 1. The van der Waals surface area contributed by atoms with Crippen LogP contribution in [0.5, 0.6) is 0 Å². The van der Waals surface area contributed by atoms with E-state index < -0.39 is 0 Å². The predicted molar refractivity (Wildman–Crippen MR) is 50.2 cm³/mol. The van der Waals surface area contributed by atoms with Crippen molar-refractivity contribution in [1.82, 2.24) is 5.32 Å². The van der Waals surface area contributed by atoms with Crippen LogP contribution in [0.1, 0.15) is 12.8 Å². The number of hydrogen-bond acceptors (Lipinski definition) is 3. The van der Waals surface area contributed by atoms with Gasteiger partial charge in [-0.15, -0.1) is 0 Å². The Morgan fingerprint density at radius 2 is 2.23 bits per heavy atom. The molecule has 74 valence electrons. The summed E-state index contributed by atoms with van der Waals surface area (Å²) in [7, 11) is 0. The molecule has 13 heavy (non-hydrogen) atoms. The lowest BCUT2D eigenvalue weighted by Crippen LogP contribution is -2.38. The third-order valence-electron chi connectivity index (χ3n) is 1.97. The van der Waals surface area contributed by atoms with Crippen LogP contribution in [0.3, 0.4) is 0 Å². The third kappa shape index (κ3) is 4.05. The highest BCUT2D eigenvalue weighted by Crippen LogP contribution is 2.05. The average molecular weight is 184 g/mol. The van der Waals surface area contributed by atoms with Crippen LogP contribution in [0, 0.1) is 0 Å². The molecule has 0 radical (unpaired) electrons. The standard InChI is InChI=1S/C9H16N2O2/c10-5-1-2-9(12)11-8-3-6-13-7-4-8/h1-2,8H,3-7,10H2,(H,11,12)/b2-1+. The summed E-state index contributed by atoms with van der Waals surface area (Å²) in [5, 5.41) is 2.89. The first-order valence-electron chi connectivity index (χ1n) is 4.58. The maximum Gasteiger partial charge on any atom is 0.243 e. The Balaban J connectivity index is 2.22. The summed E-state index contributed by atoms with van der Waals surface area (Å²) in [6.07, 6.45) is 4.94. The molecule has 1 heterocycles. The lowest BCUT2D eigenvalue weighted by atomic mass is 10.1. The maximum absolute atomic E-state index is 11.2. The van der Waals surface area contributed by atoms with Crippen LogP contribution in [0.2, 0.25) is 0 Å². The largest absolute Gasteiger partial charge is 0.381 e. The van der Waals surface area contributed by atoms with Gasteiger partial charge in [-0.25, -0.2) is 0 Å². The Kier molecular flexibility index (Phi) is 4.49. The van der Waals surface area contributed by atoms with Crippen molar-refractivity contribution in [2.45, 2.75) is 18.9 Å². The summed E-state index contributed by atoms with van der Waals surface area (Å²) in [6, 6.07) is 0.267. The van der Waals surface area contributed by atoms with Crippen LogP contribution in [-0.4, -0.2) is 31.7 Å². The molecule has 4 heteroatoms. The summed E-state index contributed by atoms with van der Waals surface area (Å²) in [5.74, 6) is -0.0580. The van der Waals surface area contributed by atoms with Gasteiger partial charge in [0.2, 0.25) is 5.91 Å². The molecule has 1 aliphatic rings. The summed E-state index contributed by atoms with van der Waals surface area (Å²) in [4.78, 5) is 11.2. The van der Waals surface area contributed by atoms with Gasteiger partial charge in [0.05, 0.1) is 0 Å².